The van der Waals surface area contributed by atoms with Crippen molar-refractivity contribution in [1.82, 2.24) is 0 Å². The molecule has 0 N–H and O–H groups in total. The SMILES string of the molecule is Cc1ccccc1C1=NC(c2ccc(-c3ccc(Cl)cc3)cc2)CC1. The summed E-state index contributed by atoms with van der Waals surface area (Å²) in [6.07, 6.45) is 2.14. The van der Waals surface area contributed by atoms with Gasteiger partial charge >= 0.3 is 0 Å². The number of halogens is 1. The first-order valence-electron chi connectivity index (χ1n) is 8.69. The minimum Gasteiger partial charge on any atom is -0.281 e. The van der Waals surface area contributed by atoms with Crippen LogP contribution in [0.4, 0.5) is 0 Å². The van der Waals surface area contributed by atoms with E-state index in [1.54, 1.807) is 0 Å². The maximum atomic E-state index is 5.97. The highest BCUT2D eigenvalue weighted by Crippen LogP contribution is 2.33. The van der Waals surface area contributed by atoms with E-state index in [4.69, 9.17) is 16.6 Å². The standard InChI is InChI=1S/C23H20ClN/c1-16-4-2-3-5-21(16)23-15-14-22(25-23)19-8-6-17(7-9-19)18-10-12-20(24)13-11-18/h2-13,22H,14-15H2,1H3. The molecule has 1 atom stereocenters. The summed E-state index contributed by atoms with van der Waals surface area (Å²) in [5.74, 6) is 0. The lowest BCUT2D eigenvalue weighted by Gasteiger charge is -2.09. The molecule has 0 amide bonds. The monoisotopic (exact) mass is 345 g/mol. The van der Waals surface area contributed by atoms with Crippen molar-refractivity contribution in [2.75, 3.05) is 0 Å². The van der Waals surface area contributed by atoms with E-state index in [0.717, 1.165) is 17.9 Å². The Kier molecular flexibility index (Phi) is 4.42. The van der Waals surface area contributed by atoms with Crippen LogP contribution in [0.3, 0.4) is 0 Å². The first-order chi connectivity index (χ1) is 12.2. The molecule has 0 aliphatic carbocycles. The van der Waals surface area contributed by atoms with E-state index in [2.05, 4.69) is 67.6 Å². The number of hydrogen-bond donors (Lipinski definition) is 0. The molecule has 0 bridgehead atoms. The molecule has 1 nitrogen and oxygen atoms in total. The van der Waals surface area contributed by atoms with Crippen molar-refractivity contribution in [1.29, 1.82) is 0 Å². The van der Waals surface area contributed by atoms with E-state index in [9.17, 15) is 0 Å². The van der Waals surface area contributed by atoms with Crippen LogP contribution in [0.5, 0.6) is 0 Å². The van der Waals surface area contributed by atoms with E-state index >= 15 is 0 Å². The van der Waals surface area contributed by atoms with Crippen LogP contribution in [-0.4, -0.2) is 5.71 Å². The van der Waals surface area contributed by atoms with Gasteiger partial charge in [0.25, 0.3) is 0 Å². The Labute approximate surface area is 154 Å². The summed E-state index contributed by atoms with van der Waals surface area (Å²) in [5, 5.41) is 0.768. The molecular formula is C23H20ClN. The summed E-state index contributed by atoms with van der Waals surface area (Å²) >= 11 is 5.97. The first-order valence-corrected chi connectivity index (χ1v) is 9.07. The van der Waals surface area contributed by atoms with Crippen molar-refractivity contribution < 1.29 is 0 Å². The molecule has 1 heterocycles. The molecule has 3 aromatic rings. The predicted molar refractivity (Wildman–Crippen MR) is 107 cm³/mol. The number of hydrogen-bond acceptors (Lipinski definition) is 1. The van der Waals surface area contributed by atoms with Crippen molar-refractivity contribution >= 4 is 17.3 Å². The van der Waals surface area contributed by atoms with Crippen LogP contribution < -0.4 is 0 Å². The van der Waals surface area contributed by atoms with E-state index < -0.39 is 0 Å². The first kappa shape index (κ1) is 16.1. The number of nitrogens with zero attached hydrogens (tertiary/aromatic N) is 1. The normalized spacial score (nSPS) is 16.7. The van der Waals surface area contributed by atoms with E-state index in [0.29, 0.717) is 0 Å². The maximum absolute atomic E-state index is 5.97. The van der Waals surface area contributed by atoms with Crippen molar-refractivity contribution in [3.8, 4) is 11.1 Å². The van der Waals surface area contributed by atoms with Crippen LogP contribution in [0.15, 0.2) is 77.8 Å². The zero-order chi connectivity index (χ0) is 17.2. The highest BCUT2D eigenvalue weighted by Gasteiger charge is 2.20. The van der Waals surface area contributed by atoms with Gasteiger partial charge in [-0.3, -0.25) is 4.99 Å². The molecule has 4 rings (SSSR count). The summed E-state index contributed by atoms with van der Waals surface area (Å²) in [4.78, 5) is 5.00. The average molecular weight is 346 g/mol. The van der Waals surface area contributed by atoms with Gasteiger partial charge in [0.1, 0.15) is 0 Å². The molecule has 25 heavy (non-hydrogen) atoms. The van der Waals surface area contributed by atoms with Crippen LogP contribution in [-0.2, 0) is 0 Å². The van der Waals surface area contributed by atoms with Crippen molar-refractivity contribution in [3.63, 3.8) is 0 Å². The zero-order valence-corrected chi connectivity index (χ0v) is 15.0. The summed E-state index contributed by atoms with van der Waals surface area (Å²) in [7, 11) is 0. The number of benzene rings is 3. The van der Waals surface area contributed by atoms with Crippen molar-refractivity contribution in [2.24, 2.45) is 4.99 Å². The third-order valence-corrected chi connectivity index (χ3v) is 5.15. The van der Waals surface area contributed by atoms with Crippen LogP contribution >= 0.6 is 11.6 Å². The van der Waals surface area contributed by atoms with Gasteiger partial charge in [0.15, 0.2) is 0 Å². The molecule has 0 spiro atoms. The lowest BCUT2D eigenvalue weighted by atomic mass is 9.99. The Hall–Kier alpha value is -2.38. The van der Waals surface area contributed by atoms with Gasteiger partial charge in [-0.15, -0.1) is 0 Å². The Morgan fingerprint density at radius 2 is 1.48 bits per heavy atom. The van der Waals surface area contributed by atoms with Crippen molar-refractivity contribution in [3.05, 3.63) is 94.5 Å². The molecule has 3 aromatic carbocycles. The lowest BCUT2D eigenvalue weighted by molar-refractivity contribution is 0.723. The fourth-order valence-corrected chi connectivity index (χ4v) is 3.60. The van der Waals surface area contributed by atoms with Crippen LogP contribution in [0.1, 0.15) is 35.6 Å². The Balaban J connectivity index is 1.57. The predicted octanol–water partition coefficient (Wildman–Crippen LogP) is 6.64. The molecule has 1 unspecified atom stereocenters. The maximum Gasteiger partial charge on any atom is 0.0756 e. The van der Waals surface area contributed by atoms with Gasteiger partial charge in [-0.25, -0.2) is 0 Å². The summed E-state index contributed by atoms with van der Waals surface area (Å²) < 4.78 is 0. The summed E-state index contributed by atoms with van der Waals surface area (Å²) in [6, 6.07) is 25.5. The molecule has 1 aliphatic heterocycles. The minimum absolute atomic E-state index is 0.272. The number of aryl methyl sites for hydroxylation is 1. The van der Waals surface area contributed by atoms with E-state index in [1.165, 1.54) is 33.5 Å². The van der Waals surface area contributed by atoms with Crippen LogP contribution in [0.25, 0.3) is 11.1 Å². The lowest BCUT2D eigenvalue weighted by Crippen LogP contribution is -1.98. The smallest absolute Gasteiger partial charge is 0.0756 e. The van der Waals surface area contributed by atoms with E-state index in [1.807, 2.05) is 12.1 Å². The van der Waals surface area contributed by atoms with Gasteiger partial charge in [-0.1, -0.05) is 72.3 Å². The molecule has 0 saturated heterocycles. The molecule has 0 fully saturated rings. The van der Waals surface area contributed by atoms with Gasteiger partial charge < -0.3 is 0 Å². The largest absolute Gasteiger partial charge is 0.281 e. The molecule has 0 aromatic heterocycles. The Morgan fingerprint density at radius 3 is 2.16 bits per heavy atom. The number of aliphatic imine (C=N–C) groups is 1. The number of rotatable bonds is 3. The molecule has 2 heteroatoms. The average Bonchev–Trinajstić information content (AvgIpc) is 3.13. The highest BCUT2D eigenvalue weighted by molar-refractivity contribution is 6.30. The minimum atomic E-state index is 0.272. The second-order valence-corrected chi connectivity index (χ2v) is 7.01. The Bertz CT molecular complexity index is 908. The summed E-state index contributed by atoms with van der Waals surface area (Å²) in [6.45, 7) is 2.16. The molecule has 124 valence electrons. The van der Waals surface area contributed by atoms with Gasteiger partial charge in [0, 0.05) is 10.7 Å². The van der Waals surface area contributed by atoms with Gasteiger partial charge in [0.2, 0.25) is 0 Å². The third-order valence-electron chi connectivity index (χ3n) is 4.90. The Morgan fingerprint density at radius 1 is 0.840 bits per heavy atom. The third kappa shape index (κ3) is 3.38. The molecule has 0 radical (unpaired) electrons. The quantitative estimate of drug-likeness (QED) is 0.504. The molecule has 1 aliphatic rings. The van der Waals surface area contributed by atoms with Crippen LogP contribution in [0, 0.1) is 6.92 Å². The second kappa shape index (κ2) is 6.85. The van der Waals surface area contributed by atoms with Gasteiger partial charge in [0.05, 0.1) is 6.04 Å². The van der Waals surface area contributed by atoms with Crippen molar-refractivity contribution in [2.45, 2.75) is 25.8 Å². The van der Waals surface area contributed by atoms with E-state index in [-0.39, 0.29) is 6.04 Å². The van der Waals surface area contributed by atoms with Gasteiger partial charge in [-0.2, -0.15) is 0 Å². The fraction of sp³-hybridized carbons (Fsp3) is 0.174. The fourth-order valence-electron chi connectivity index (χ4n) is 3.47. The van der Waals surface area contributed by atoms with Crippen LogP contribution in [0.2, 0.25) is 5.02 Å². The molecular weight excluding hydrogens is 326 g/mol. The topological polar surface area (TPSA) is 12.4 Å². The zero-order valence-electron chi connectivity index (χ0n) is 14.2. The van der Waals surface area contributed by atoms with Gasteiger partial charge in [-0.05, 0) is 59.7 Å². The molecule has 0 saturated carbocycles. The second-order valence-electron chi connectivity index (χ2n) is 6.57. The highest BCUT2D eigenvalue weighted by atomic mass is 35.5. The summed E-state index contributed by atoms with van der Waals surface area (Å²) in [5.41, 5.74) is 7.53.